The summed E-state index contributed by atoms with van der Waals surface area (Å²) in [6.45, 7) is 4.48. The van der Waals surface area contributed by atoms with Gasteiger partial charge in [-0.15, -0.1) is 0 Å². The van der Waals surface area contributed by atoms with Gasteiger partial charge >= 0.3 is 0 Å². The van der Waals surface area contributed by atoms with Gasteiger partial charge in [0, 0.05) is 0 Å². The molecule has 0 heteroatoms. The molecule has 2 aliphatic carbocycles. The summed E-state index contributed by atoms with van der Waals surface area (Å²) < 4.78 is 0. The monoisotopic (exact) mass is 246 g/mol. The fourth-order valence-electron chi connectivity index (χ4n) is 2.53. The Hall–Kier alpha value is -2.08. The lowest BCUT2D eigenvalue weighted by Crippen LogP contribution is -2.17. The Bertz CT molecular complexity index is 735. The van der Waals surface area contributed by atoms with Crippen molar-refractivity contribution in [1.29, 1.82) is 0 Å². The van der Waals surface area contributed by atoms with E-state index >= 15 is 0 Å². The summed E-state index contributed by atoms with van der Waals surface area (Å²) >= 11 is 0. The molecule has 0 nitrogen and oxygen atoms in total. The Morgan fingerprint density at radius 1 is 0.737 bits per heavy atom. The smallest absolute Gasteiger partial charge is 0.0105 e. The first kappa shape index (κ1) is 12.0. The van der Waals surface area contributed by atoms with Gasteiger partial charge in [-0.3, -0.25) is 0 Å². The van der Waals surface area contributed by atoms with E-state index < -0.39 is 0 Å². The summed E-state index contributed by atoms with van der Waals surface area (Å²) in [4.78, 5) is 0. The van der Waals surface area contributed by atoms with E-state index in [0.29, 0.717) is 5.92 Å². The molecule has 0 heterocycles. The Labute approximate surface area is 114 Å². The summed E-state index contributed by atoms with van der Waals surface area (Å²) in [5.74, 6) is 0.554. The van der Waals surface area contributed by atoms with Crippen molar-refractivity contribution in [2.75, 3.05) is 0 Å². The SMILES string of the molecule is CC(C)C1=CC=Cc2c3c(ccc2=C1)=CC=CC=C3. The van der Waals surface area contributed by atoms with Gasteiger partial charge in [0.05, 0.1) is 0 Å². The number of hydrogen-bond acceptors (Lipinski definition) is 0. The molecule has 19 heavy (non-hydrogen) atoms. The highest BCUT2D eigenvalue weighted by Crippen LogP contribution is 2.16. The van der Waals surface area contributed by atoms with Crippen LogP contribution in [0.4, 0.5) is 0 Å². The minimum atomic E-state index is 0.554. The first-order chi connectivity index (χ1) is 9.25. The molecule has 1 aromatic carbocycles. The molecular weight excluding hydrogens is 228 g/mol. The van der Waals surface area contributed by atoms with E-state index in [0.717, 1.165) is 0 Å². The molecule has 0 N–H and O–H groups in total. The largest absolute Gasteiger partial charge is 0.0622 e. The van der Waals surface area contributed by atoms with Gasteiger partial charge in [0.25, 0.3) is 0 Å². The van der Waals surface area contributed by atoms with E-state index in [2.05, 4.69) is 80.7 Å². The van der Waals surface area contributed by atoms with E-state index in [1.165, 1.54) is 27.1 Å². The van der Waals surface area contributed by atoms with Gasteiger partial charge in [0.1, 0.15) is 0 Å². The maximum Gasteiger partial charge on any atom is -0.0105 e. The van der Waals surface area contributed by atoms with Crippen molar-refractivity contribution in [2.24, 2.45) is 5.92 Å². The van der Waals surface area contributed by atoms with Gasteiger partial charge in [-0.2, -0.15) is 0 Å². The number of rotatable bonds is 1. The summed E-state index contributed by atoms with van der Waals surface area (Å²) in [7, 11) is 0. The lowest BCUT2D eigenvalue weighted by Gasteiger charge is -2.06. The van der Waals surface area contributed by atoms with Crippen molar-refractivity contribution in [3.63, 3.8) is 0 Å². The van der Waals surface area contributed by atoms with Gasteiger partial charge in [-0.25, -0.2) is 0 Å². The normalized spacial score (nSPS) is 15.8. The third-order valence-corrected chi connectivity index (χ3v) is 3.66. The minimum Gasteiger partial charge on any atom is -0.0622 e. The van der Waals surface area contributed by atoms with Gasteiger partial charge in [0.15, 0.2) is 0 Å². The van der Waals surface area contributed by atoms with Crippen LogP contribution < -0.4 is 10.4 Å². The zero-order valence-electron chi connectivity index (χ0n) is 11.4. The molecule has 0 unspecified atom stereocenters. The van der Waals surface area contributed by atoms with Crippen LogP contribution in [0.2, 0.25) is 0 Å². The van der Waals surface area contributed by atoms with Crippen LogP contribution in [0.15, 0.2) is 48.1 Å². The van der Waals surface area contributed by atoms with Crippen molar-refractivity contribution >= 4 is 24.3 Å². The molecule has 2 aliphatic rings. The van der Waals surface area contributed by atoms with E-state index in [1.807, 2.05) is 0 Å². The van der Waals surface area contributed by atoms with Crippen molar-refractivity contribution in [3.05, 3.63) is 69.7 Å². The maximum absolute atomic E-state index is 2.31. The van der Waals surface area contributed by atoms with E-state index in [-0.39, 0.29) is 0 Å². The van der Waals surface area contributed by atoms with Crippen LogP contribution in [-0.4, -0.2) is 0 Å². The topological polar surface area (TPSA) is 0 Å². The molecule has 0 saturated carbocycles. The van der Waals surface area contributed by atoms with Crippen LogP contribution in [-0.2, 0) is 0 Å². The van der Waals surface area contributed by atoms with Gasteiger partial charge in [-0.1, -0.05) is 80.7 Å². The van der Waals surface area contributed by atoms with E-state index in [9.17, 15) is 0 Å². The molecule has 94 valence electrons. The fraction of sp³-hybridized carbons (Fsp3) is 0.158. The van der Waals surface area contributed by atoms with Crippen LogP contribution in [0.5, 0.6) is 0 Å². The average Bonchev–Trinajstić information content (AvgIpc) is 2.75. The Morgan fingerprint density at radius 2 is 1.47 bits per heavy atom. The first-order valence-corrected chi connectivity index (χ1v) is 6.84. The number of benzene rings is 1. The minimum absolute atomic E-state index is 0.554. The lowest BCUT2D eigenvalue weighted by molar-refractivity contribution is 0.802. The molecule has 0 radical (unpaired) electrons. The summed E-state index contributed by atoms with van der Waals surface area (Å²) in [6, 6.07) is 4.44. The fourth-order valence-corrected chi connectivity index (χ4v) is 2.53. The third-order valence-electron chi connectivity index (χ3n) is 3.66. The summed E-state index contributed by atoms with van der Waals surface area (Å²) in [6.07, 6.45) is 19.6. The van der Waals surface area contributed by atoms with Crippen LogP contribution in [0, 0.1) is 5.92 Å². The standard InChI is InChI=1S/C19H18/c1-14(2)16-8-6-10-19-17(13-16)12-11-15-7-4-3-5-9-18(15)19/h3-14H,1-2H3. The maximum atomic E-state index is 2.31. The van der Waals surface area contributed by atoms with Crippen molar-refractivity contribution in [1.82, 2.24) is 0 Å². The van der Waals surface area contributed by atoms with Crippen LogP contribution in [0.1, 0.15) is 25.0 Å². The molecule has 0 bridgehead atoms. The molecular formula is C19H18. The van der Waals surface area contributed by atoms with E-state index in [4.69, 9.17) is 0 Å². The molecule has 0 aliphatic heterocycles. The van der Waals surface area contributed by atoms with Gasteiger partial charge < -0.3 is 0 Å². The van der Waals surface area contributed by atoms with Crippen molar-refractivity contribution in [2.45, 2.75) is 13.8 Å². The predicted molar refractivity (Wildman–Crippen MR) is 84.8 cm³/mol. The first-order valence-electron chi connectivity index (χ1n) is 6.84. The highest BCUT2D eigenvalue weighted by Gasteiger charge is 2.06. The Kier molecular flexibility index (Phi) is 3.08. The van der Waals surface area contributed by atoms with Crippen LogP contribution in [0.25, 0.3) is 24.3 Å². The lowest BCUT2D eigenvalue weighted by atomic mass is 9.99. The molecule has 3 rings (SSSR count). The highest BCUT2D eigenvalue weighted by molar-refractivity contribution is 5.73. The molecule has 0 aromatic heterocycles. The summed E-state index contributed by atoms with van der Waals surface area (Å²) in [5.41, 5.74) is 4.02. The average molecular weight is 246 g/mol. The van der Waals surface area contributed by atoms with Gasteiger partial charge in [0.2, 0.25) is 0 Å². The Morgan fingerprint density at radius 3 is 2.32 bits per heavy atom. The van der Waals surface area contributed by atoms with Crippen LogP contribution >= 0.6 is 0 Å². The molecule has 0 amide bonds. The second-order valence-electron chi connectivity index (χ2n) is 5.31. The number of fused-ring (bicyclic) bond motifs is 3. The quantitative estimate of drug-likeness (QED) is 0.712. The van der Waals surface area contributed by atoms with Crippen molar-refractivity contribution < 1.29 is 0 Å². The van der Waals surface area contributed by atoms with E-state index in [1.54, 1.807) is 0 Å². The molecule has 0 atom stereocenters. The third kappa shape index (κ3) is 2.26. The summed E-state index contributed by atoms with van der Waals surface area (Å²) in [5, 5.41) is 2.60. The number of hydrogen-bond donors (Lipinski definition) is 0. The number of allylic oxidation sites excluding steroid dienone is 6. The molecule has 0 fully saturated rings. The molecule has 0 spiro atoms. The zero-order valence-corrected chi connectivity index (χ0v) is 11.4. The van der Waals surface area contributed by atoms with Crippen LogP contribution in [0.3, 0.4) is 0 Å². The van der Waals surface area contributed by atoms with Crippen molar-refractivity contribution in [3.8, 4) is 0 Å². The predicted octanol–water partition coefficient (Wildman–Crippen LogP) is 3.44. The zero-order chi connectivity index (χ0) is 13.2. The second-order valence-corrected chi connectivity index (χ2v) is 5.31. The van der Waals surface area contributed by atoms with Gasteiger partial charge in [-0.05, 0) is 33.1 Å². The Balaban J connectivity index is 2.29. The highest BCUT2D eigenvalue weighted by atomic mass is 14.1. The second kappa shape index (κ2) is 4.89. The molecule has 0 saturated heterocycles. The molecule has 1 aromatic rings.